The summed E-state index contributed by atoms with van der Waals surface area (Å²) in [5.74, 6) is -0.299. The normalized spacial score (nSPS) is 13.1. The molecule has 0 fully saturated rings. The minimum atomic E-state index is -0.299. The first kappa shape index (κ1) is 9.02. The SMILES string of the molecule is CC(N)c1ncnc2cc(F)ccc12. The van der Waals surface area contributed by atoms with Gasteiger partial charge in [-0.25, -0.2) is 14.4 Å². The van der Waals surface area contributed by atoms with E-state index in [4.69, 9.17) is 5.73 Å². The van der Waals surface area contributed by atoms with Crippen LogP contribution in [0.4, 0.5) is 4.39 Å². The fraction of sp³-hybridized carbons (Fsp3) is 0.200. The molecular formula is C10H10FN3. The van der Waals surface area contributed by atoms with Gasteiger partial charge < -0.3 is 5.73 Å². The monoisotopic (exact) mass is 191 g/mol. The van der Waals surface area contributed by atoms with E-state index >= 15 is 0 Å². The van der Waals surface area contributed by atoms with Gasteiger partial charge in [0.1, 0.15) is 12.1 Å². The van der Waals surface area contributed by atoms with E-state index in [1.54, 1.807) is 6.07 Å². The Bertz CT molecular complexity index is 468. The molecule has 14 heavy (non-hydrogen) atoms. The lowest BCUT2D eigenvalue weighted by Crippen LogP contribution is -2.08. The highest BCUT2D eigenvalue weighted by atomic mass is 19.1. The molecule has 0 saturated heterocycles. The molecular weight excluding hydrogens is 181 g/mol. The van der Waals surface area contributed by atoms with E-state index in [0.717, 1.165) is 11.1 Å². The molecule has 0 radical (unpaired) electrons. The average molecular weight is 191 g/mol. The molecule has 0 spiro atoms. The van der Waals surface area contributed by atoms with Gasteiger partial charge in [-0.15, -0.1) is 0 Å². The Morgan fingerprint density at radius 1 is 1.36 bits per heavy atom. The molecule has 0 saturated carbocycles. The number of hydrogen-bond donors (Lipinski definition) is 1. The van der Waals surface area contributed by atoms with E-state index in [0.29, 0.717) is 5.52 Å². The van der Waals surface area contributed by atoms with E-state index < -0.39 is 0 Å². The third-order valence-electron chi connectivity index (χ3n) is 2.06. The minimum Gasteiger partial charge on any atom is -0.323 e. The predicted molar refractivity (Wildman–Crippen MR) is 52.1 cm³/mol. The van der Waals surface area contributed by atoms with Crippen molar-refractivity contribution in [2.45, 2.75) is 13.0 Å². The molecule has 72 valence electrons. The van der Waals surface area contributed by atoms with Gasteiger partial charge in [0, 0.05) is 17.5 Å². The van der Waals surface area contributed by atoms with Crippen molar-refractivity contribution in [3.05, 3.63) is 36.0 Å². The number of fused-ring (bicyclic) bond motifs is 1. The molecule has 3 nitrogen and oxygen atoms in total. The lowest BCUT2D eigenvalue weighted by molar-refractivity contribution is 0.629. The summed E-state index contributed by atoms with van der Waals surface area (Å²) in [6.07, 6.45) is 1.40. The van der Waals surface area contributed by atoms with Crippen molar-refractivity contribution in [1.82, 2.24) is 9.97 Å². The molecule has 2 rings (SSSR count). The zero-order valence-electron chi connectivity index (χ0n) is 7.74. The van der Waals surface area contributed by atoms with Crippen LogP contribution in [0, 0.1) is 5.82 Å². The highest BCUT2D eigenvalue weighted by molar-refractivity contribution is 5.80. The van der Waals surface area contributed by atoms with Crippen molar-refractivity contribution in [1.29, 1.82) is 0 Å². The molecule has 0 bridgehead atoms. The number of halogens is 1. The van der Waals surface area contributed by atoms with Crippen LogP contribution in [0.1, 0.15) is 18.7 Å². The van der Waals surface area contributed by atoms with E-state index in [1.165, 1.54) is 18.5 Å². The summed E-state index contributed by atoms with van der Waals surface area (Å²) in [7, 11) is 0. The molecule has 2 N–H and O–H groups in total. The Morgan fingerprint density at radius 3 is 2.86 bits per heavy atom. The Hall–Kier alpha value is -1.55. The maximum absolute atomic E-state index is 12.9. The molecule has 1 unspecified atom stereocenters. The molecule has 4 heteroatoms. The molecule has 0 aliphatic carbocycles. The largest absolute Gasteiger partial charge is 0.323 e. The first-order valence-electron chi connectivity index (χ1n) is 4.34. The quantitative estimate of drug-likeness (QED) is 0.747. The van der Waals surface area contributed by atoms with Crippen molar-refractivity contribution in [2.75, 3.05) is 0 Å². The maximum Gasteiger partial charge on any atom is 0.125 e. The molecule has 2 aromatic rings. The molecule has 0 aliphatic heterocycles. The molecule has 1 atom stereocenters. The fourth-order valence-corrected chi connectivity index (χ4v) is 1.41. The standard InChI is InChI=1S/C10H10FN3/c1-6(12)10-8-3-2-7(11)4-9(8)13-5-14-10/h2-6H,12H2,1H3. The highest BCUT2D eigenvalue weighted by Gasteiger charge is 2.07. The van der Waals surface area contributed by atoms with Gasteiger partial charge in [-0.3, -0.25) is 0 Å². The molecule has 1 heterocycles. The Morgan fingerprint density at radius 2 is 2.14 bits per heavy atom. The van der Waals surface area contributed by atoms with Crippen LogP contribution in [0.25, 0.3) is 10.9 Å². The summed E-state index contributed by atoms with van der Waals surface area (Å²) in [5, 5.41) is 0.809. The molecule has 0 amide bonds. The zero-order valence-corrected chi connectivity index (χ0v) is 7.74. The van der Waals surface area contributed by atoms with Crippen LogP contribution in [0.3, 0.4) is 0 Å². The summed E-state index contributed by atoms with van der Waals surface area (Å²) in [5.41, 5.74) is 7.07. The summed E-state index contributed by atoms with van der Waals surface area (Å²) in [6, 6.07) is 4.25. The van der Waals surface area contributed by atoms with Crippen molar-refractivity contribution in [3.8, 4) is 0 Å². The van der Waals surface area contributed by atoms with Crippen LogP contribution in [-0.2, 0) is 0 Å². The topological polar surface area (TPSA) is 51.8 Å². The van der Waals surface area contributed by atoms with Crippen molar-refractivity contribution in [2.24, 2.45) is 5.73 Å². The number of benzene rings is 1. The van der Waals surface area contributed by atoms with Crippen LogP contribution in [0.5, 0.6) is 0 Å². The lowest BCUT2D eigenvalue weighted by atomic mass is 10.1. The number of nitrogens with zero attached hydrogens (tertiary/aromatic N) is 2. The second-order valence-electron chi connectivity index (χ2n) is 3.21. The first-order valence-corrected chi connectivity index (χ1v) is 4.34. The van der Waals surface area contributed by atoms with Gasteiger partial charge in [0.2, 0.25) is 0 Å². The second-order valence-corrected chi connectivity index (χ2v) is 3.21. The smallest absolute Gasteiger partial charge is 0.125 e. The van der Waals surface area contributed by atoms with Crippen LogP contribution < -0.4 is 5.73 Å². The van der Waals surface area contributed by atoms with Gasteiger partial charge in [-0.05, 0) is 19.1 Å². The molecule has 1 aromatic carbocycles. The second kappa shape index (κ2) is 3.31. The van der Waals surface area contributed by atoms with E-state index in [-0.39, 0.29) is 11.9 Å². The van der Waals surface area contributed by atoms with Gasteiger partial charge in [-0.1, -0.05) is 0 Å². The number of nitrogens with two attached hydrogens (primary N) is 1. The molecule has 1 aromatic heterocycles. The first-order chi connectivity index (χ1) is 6.68. The zero-order chi connectivity index (χ0) is 10.1. The van der Waals surface area contributed by atoms with Gasteiger partial charge >= 0.3 is 0 Å². The highest BCUT2D eigenvalue weighted by Crippen LogP contribution is 2.19. The van der Waals surface area contributed by atoms with Crippen molar-refractivity contribution < 1.29 is 4.39 Å². The van der Waals surface area contributed by atoms with E-state index in [2.05, 4.69) is 9.97 Å². The predicted octanol–water partition coefficient (Wildman–Crippen LogP) is 1.79. The third-order valence-corrected chi connectivity index (χ3v) is 2.06. The van der Waals surface area contributed by atoms with Crippen LogP contribution >= 0.6 is 0 Å². The van der Waals surface area contributed by atoms with Crippen molar-refractivity contribution in [3.63, 3.8) is 0 Å². The lowest BCUT2D eigenvalue weighted by Gasteiger charge is -2.07. The number of aromatic nitrogens is 2. The van der Waals surface area contributed by atoms with Crippen LogP contribution in [-0.4, -0.2) is 9.97 Å². The van der Waals surface area contributed by atoms with Crippen LogP contribution in [0.15, 0.2) is 24.5 Å². The van der Waals surface area contributed by atoms with Gasteiger partial charge in [0.05, 0.1) is 11.2 Å². The van der Waals surface area contributed by atoms with Crippen molar-refractivity contribution >= 4 is 10.9 Å². The third kappa shape index (κ3) is 1.44. The summed E-state index contributed by atoms with van der Waals surface area (Å²) in [4.78, 5) is 8.06. The Labute approximate surface area is 80.8 Å². The Kier molecular flexibility index (Phi) is 2.13. The number of hydrogen-bond acceptors (Lipinski definition) is 3. The summed E-state index contributed by atoms with van der Waals surface area (Å²) < 4.78 is 12.9. The average Bonchev–Trinajstić information content (AvgIpc) is 2.16. The maximum atomic E-state index is 12.9. The van der Waals surface area contributed by atoms with Gasteiger partial charge in [0.25, 0.3) is 0 Å². The summed E-state index contributed by atoms with van der Waals surface area (Å²) in [6.45, 7) is 1.84. The summed E-state index contributed by atoms with van der Waals surface area (Å²) >= 11 is 0. The van der Waals surface area contributed by atoms with Crippen LogP contribution in [0.2, 0.25) is 0 Å². The van der Waals surface area contributed by atoms with E-state index in [9.17, 15) is 4.39 Å². The van der Waals surface area contributed by atoms with E-state index in [1.807, 2.05) is 6.92 Å². The van der Waals surface area contributed by atoms with Gasteiger partial charge in [-0.2, -0.15) is 0 Å². The Balaban J connectivity index is 2.75. The molecule has 0 aliphatic rings. The minimum absolute atomic E-state index is 0.175. The number of rotatable bonds is 1. The fourth-order valence-electron chi connectivity index (χ4n) is 1.41. The van der Waals surface area contributed by atoms with Gasteiger partial charge in [0.15, 0.2) is 0 Å².